The fourth-order valence-corrected chi connectivity index (χ4v) is 1.24. The molecule has 1 aliphatic rings. The molecule has 1 aliphatic heterocycles. The Morgan fingerprint density at radius 2 is 2.17 bits per heavy atom. The standard InChI is InChI=1S/C7H10N4O/c1-10-6-3-2-5(8)4-7(6)11(12)9-10/h2-4,9,12H,8H2,1H3. The Balaban J connectivity index is 2.53. The van der Waals surface area contributed by atoms with Crippen LogP contribution in [0.3, 0.4) is 0 Å². The summed E-state index contributed by atoms with van der Waals surface area (Å²) < 4.78 is 0. The molecule has 12 heavy (non-hydrogen) atoms. The Morgan fingerprint density at radius 3 is 2.92 bits per heavy atom. The van der Waals surface area contributed by atoms with E-state index < -0.39 is 0 Å². The summed E-state index contributed by atoms with van der Waals surface area (Å²) in [6, 6.07) is 5.33. The van der Waals surface area contributed by atoms with Crippen LogP contribution in [-0.2, 0) is 0 Å². The van der Waals surface area contributed by atoms with E-state index in [1.807, 2.05) is 13.1 Å². The van der Waals surface area contributed by atoms with Gasteiger partial charge in [0.2, 0.25) is 0 Å². The third-order valence-corrected chi connectivity index (χ3v) is 1.83. The minimum Gasteiger partial charge on any atom is -0.399 e. The number of nitrogens with one attached hydrogen (secondary N) is 1. The number of rotatable bonds is 0. The fourth-order valence-electron chi connectivity index (χ4n) is 1.24. The molecule has 0 spiro atoms. The number of hydrazine groups is 2. The molecule has 1 aromatic rings. The summed E-state index contributed by atoms with van der Waals surface area (Å²) in [5.41, 5.74) is 10.4. The minimum absolute atomic E-state index is 0.630. The van der Waals surface area contributed by atoms with E-state index in [4.69, 9.17) is 5.73 Å². The highest BCUT2D eigenvalue weighted by molar-refractivity contribution is 5.76. The lowest BCUT2D eigenvalue weighted by Crippen LogP contribution is -2.39. The molecule has 1 heterocycles. The molecule has 1 aromatic carbocycles. The SMILES string of the molecule is CN1NN(O)c2cc(N)ccc21. The van der Waals surface area contributed by atoms with Crippen molar-refractivity contribution in [1.29, 1.82) is 0 Å². The summed E-state index contributed by atoms with van der Waals surface area (Å²) in [7, 11) is 1.81. The summed E-state index contributed by atoms with van der Waals surface area (Å²) >= 11 is 0. The molecule has 0 amide bonds. The molecule has 5 nitrogen and oxygen atoms in total. The van der Waals surface area contributed by atoms with E-state index in [9.17, 15) is 5.21 Å². The Morgan fingerprint density at radius 1 is 1.42 bits per heavy atom. The van der Waals surface area contributed by atoms with Gasteiger partial charge in [-0.3, -0.25) is 10.2 Å². The summed E-state index contributed by atoms with van der Waals surface area (Å²) in [6.45, 7) is 0. The van der Waals surface area contributed by atoms with Crippen molar-refractivity contribution < 1.29 is 5.21 Å². The summed E-state index contributed by atoms with van der Waals surface area (Å²) in [6.07, 6.45) is 0. The second-order valence-corrected chi connectivity index (χ2v) is 2.72. The predicted octanol–water partition coefficient (Wildman–Crippen LogP) is 0.334. The van der Waals surface area contributed by atoms with Crippen LogP contribution >= 0.6 is 0 Å². The largest absolute Gasteiger partial charge is 0.399 e. The van der Waals surface area contributed by atoms with Gasteiger partial charge in [-0.1, -0.05) is 0 Å². The molecule has 0 saturated heterocycles. The zero-order valence-corrected chi connectivity index (χ0v) is 6.65. The number of hydrogen-bond acceptors (Lipinski definition) is 5. The average molecular weight is 166 g/mol. The highest BCUT2D eigenvalue weighted by atomic mass is 16.6. The minimum atomic E-state index is 0.630. The number of nitrogens with zero attached hydrogens (tertiary/aromatic N) is 2. The molecule has 2 rings (SSSR count). The molecule has 0 saturated carbocycles. The number of fused-ring (bicyclic) bond motifs is 1. The van der Waals surface area contributed by atoms with Crippen molar-refractivity contribution in [2.45, 2.75) is 0 Å². The fraction of sp³-hybridized carbons (Fsp3) is 0.143. The Hall–Kier alpha value is -1.46. The van der Waals surface area contributed by atoms with Crippen molar-refractivity contribution in [2.24, 2.45) is 0 Å². The lowest BCUT2D eigenvalue weighted by atomic mass is 10.2. The molecule has 5 heteroatoms. The topological polar surface area (TPSA) is 64.8 Å². The monoisotopic (exact) mass is 166 g/mol. The van der Waals surface area contributed by atoms with Crippen molar-refractivity contribution >= 4 is 17.1 Å². The normalized spacial score (nSPS) is 15.2. The van der Waals surface area contributed by atoms with Crippen molar-refractivity contribution in [3.05, 3.63) is 18.2 Å². The van der Waals surface area contributed by atoms with Gasteiger partial charge in [-0.25, -0.2) is 0 Å². The van der Waals surface area contributed by atoms with Crippen LogP contribution in [0.1, 0.15) is 0 Å². The quantitative estimate of drug-likeness (QED) is 0.485. The van der Waals surface area contributed by atoms with Crippen molar-refractivity contribution in [3.8, 4) is 0 Å². The first-order valence-corrected chi connectivity index (χ1v) is 3.57. The van der Waals surface area contributed by atoms with Gasteiger partial charge in [-0.15, -0.1) is 5.53 Å². The average Bonchev–Trinajstić information content (AvgIpc) is 2.28. The third-order valence-electron chi connectivity index (χ3n) is 1.83. The summed E-state index contributed by atoms with van der Waals surface area (Å²) in [5.74, 6) is 0. The smallest absolute Gasteiger partial charge is 0.111 e. The maximum atomic E-state index is 9.30. The van der Waals surface area contributed by atoms with Crippen LogP contribution in [0, 0.1) is 0 Å². The van der Waals surface area contributed by atoms with Crippen molar-refractivity contribution in [3.63, 3.8) is 0 Å². The first kappa shape index (κ1) is 7.20. The molecule has 0 fully saturated rings. The molecular weight excluding hydrogens is 156 g/mol. The Bertz CT molecular complexity index is 314. The summed E-state index contributed by atoms with van der Waals surface area (Å²) in [4.78, 5) is 0. The number of nitrogen functional groups attached to an aromatic ring is 1. The van der Waals surface area contributed by atoms with Gasteiger partial charge in [-0.2, -0.15) is 5.17 Å². The highest BCUT2D eigenvalue weighted by Crippen LogP contribution is 2.32. The zero-order chi connectivity index (χ0) is 8.72. The predicted molar refractivity (Wildman–Crippen MR) is 46.7 cm³/mol. The van der Waals surface area contributed by atoms with Crippen LogP contribution in [0.5, 0.6) is 0 Å². The molecule has 4 N–H and O–H groups in total. The van der Waals surface area contributed by atoms with E-state index in [0.29, 0.717) is 11.4 Å². The van der Waals surface area contributed by atoms with Gasteiger partial charge in [0.1, 0.15) is 5.69 Å². The van der Waals surface area contributed by atoms with Gasteiger partial charge >= 0.3 is 0 Å². The molecule has 0 unspecified atom stereocenters. The van der Waals surface area contributed by atoms with Crippen molar-refractivity contribution in [1.82, 2.24) is 5.53 Å². The molecule has 0 aliphatic carbocycles. The van der Waals surface area contributed by atoms with E-state index in [1.165, 1.54) is 0 Å². The van der Waals surface area contributed by atoms with Crippen LogP contribution in [0.25, 0.3) is 0 Å². The molecule has 0 aromatic heterocycles. The van der Waals surface area contributed by atoms with Crippen LogP contribution in [0.15, 0.2) is 18.2 Å². The Labute approximate surface area is 69.9 Å². The van der Waals surface area contributed by atoms with Gasteiger partial charge in [-0.05, 0) is 18.2 Å². The van der Waals surface area contributed by atoms with Gasteiger partial charge in [0.15, 0.2) is 0 Å². The van der Waals surface area contributed by atoms with Gasteiger partial charge in [0.05, 0.1) is 5.69 Å². The Kier molecular flexibility index (Phi) is 1.36. The molecule has 0 bridgehead atoms. The molecule has 0 atom stereocenters. The number of benzene rings is 1. The van der Waals surface area contributed by atoms with Gasteiger partial charge < -0.3 is 5.73 Å². The van der Waals surface area contributed by atoms with Crippen LogP contribution in [0.4, 0.5) is 17.1 Å². The zero-order valence-electron chi connectivity index (χ0n) is 6.65. The highest BCUT2D eigenvalue weighted by Gasteiger charge is 2.21. The third kappa shape index (κ3) is 0.876. The second kappa shape index (κ2) is 2.26. The summed E-state index contributed by atoms with van der Waals surface area (Å²) in [5, 5.41) is 11.9. The number of nitrogens with two attached hydrogens (primary N) is 1. The van der Waals surface area contributed by atoms with E-state index in [2.05, 4.69) is 5.53 Å². The van der Waals surface area contributed by atoms with Gasteiger partial charge in [0.25, 0.3) is 0 Å². The van der Waals surface area contributed by atoms with E-state index in [1.54, 1.807) is 17.1 Å². The van der Waals surface area contributed by atoms with Gasteiger partial charge in [0, 0.05) is 12.7 Å². The molecule has 64 valence electrons. The van der Waals surface area contributed by atoms with E-state index in [-0.39, 0.29) is 0 Å². The van der Waals surface area contributed by atoms with E-state index >= 15 is 0 Å². The maximum absolute atomic E-state index is 9.30. The van der Waals surface area contributed by atoms with Crippen LogP contribution < -0.4 is 21.4 Å². The first-order valence-electron chi connectivity index (χ1n) is 3.57. The first-order chi connectivity index (χ1) is 5.68. The maximum Gasteiger partial charge on any atom is 0.111 e. The van der Waals surface area contributed by atoms with Crippen LogP contribution in [-0.4, -0.2) is 12.3 Å². The molecular formula is C7H10N4O. The molecule has 0 radical (unpaired) electrons. The van der Waals surface area contributed by atoms with E-state index in [0.717, 1.165) is 10.9 Å². The van der Waals surface area contributed by atoms with Crippen molar-refractivity contribution in [2.75, 3.05) is 23.0 Å². The number of anilines is 3. The number of hydrogen-bond donors (Lipinski definition) is 3. The second-order valence-electron chi connectivity index (χ2n) is 2.72. The van der Waals surface area contributed by atoms with Crippen LogP contribution in [0.2, 0.25) is 0 Å². The lowest BCUT2D eigenvalue weighted by Gasteiger charge is -2.11. The lowest BCUT2D eigenvalue weighted by molar-refractivity contribution is 0.220.